The van der Waals surface area contributed by atoms with E-state index in [0.29, 0.717) is 0 Å². The molecule has 0 unspecified atom stereocenters. The number of hydrogen-bond acceptors (Lipinski definition) is 0. The summed E-state index contributed by atoms with van der Waals surface area (Å²) >= 11 is 0. The monoisotopic (exact) mass is 190 g/mol. The van der Waals surface area contributed by atoms with Crippen LogP contribution in [0.1, 0.15) is 16.7 Å². The maximum absolute atomic E-state index is 2.26. The second-order valence-corrected chi connectivity index (χ2v) is 4.27. The number of allylic oxidation sites excluding steroid dienone is 7. The predicted molar refractivity (Wildman–Crippen MR) is 63.3 cm³/mol. The molecule has 0 saturated carbocycles. The Balaban J connectivity index is 2.15. The summed E-state index contributed by atoms with van der Waals surface area (Å²) in [5.74, 6) is 0. The molecular formula is C15H10. The van der Waals surface area contributed by atoms with Crippen molar-refractivity contribution in [1.29, 1.82) is 0 Å². The van der Waals surface area contributed by atoms with Crippen molar-refractivity contribution >= 4 is 11.6 Å². The Bertz CT molecular complexity index is 592. The van der Waals surface area contributed by atoms with E-state index < -0.39 is 0 Å². The fraction of sp³-hybridized carbons (Fsp3) is 0.0667. The molecule has 0 N–H and O–H groups in total. The van der Waals surface area contributed by atoms with Gasteiger partial charge in [-0.05, 0) is 39.8 Å². The summed E-state index contributed by atoms with van der Waals surface area (Å²) in [6.07, 6.45) is 12.2. The van der Waals surface area contributed by atoms with Crippen molar-refractivity contribution in [3.63, 3.8) is 0 Å². The van der Waals surface area contributed by atoms with Crippen molar-refractivity contribution in [3.8, 4) is 0 Å². The Morgan fingerprint density at radius 3 is 2.93 bits per heavy atom. The molecule has 1 aromatic carbocycles. The lowest BCUT2D eigenvalue weighted by molar-refractivity contribution is 1.15. The molecule has 15 heavy (non-hydrogen) atoms. The minimum atomic E-state index is 1.09. The minimum Gasteiger partial charge on any atom is -0.0613 e. The van der Waals surface area contributed by atoms with Gasteiger partial charge in [0, 0.05) is 0 Å². The molecule has 0 amide bonds. The second kappa shape index (κ2) is 2.40. The van der Waals surface area contributed by atoms with E-state index in [-0.39, 0.29) is 0 Å². The van der Waals surface area contributed by atoms with Crippen LogP contribution < -0.4 is 0 Å². The standard InChI is InChI=1S/C15H10/c1-3-10-7-8-14-13-6-2-4-11(13)9-12(5-1)15(10)14/h1-8H,9H2. The quantitative estimate of drug-likeness (QED) is 0.587. The van der Waals surface area contributed by atoms with Crippen LogP contribution >= 0.6 is 0 Å². The summed E-state index contributed by atoms with van der Waals surface area (Å²) in [4.78, 5) is 0. The highest BCUT2D eigenvalue weighted by Crippen LogP contribution is 2.43. The van der Waals surface area contributed by atoms with Crippen molar-refractivity contribution in [3.05, 3.63) is 70.3 Å². The van der Waals surface area contributed by atoms with E-state index in [4.69, 9.17) is 0 Å². The molecule has 0 saturated heterocycles. The predicted octanol–water partition coefficient (Wildman–Crippen LogP) is 3.52. The molecule has 0 heteroatoms. The van der Waals surface area contributed by atoms with Crippen molar-refractivity contribution in [1.82, 2.24) is 0 Å². The van der Waals surface area contributed by atoms with Crippen LogP contribution in [0, 0.1) is 0 Å². The molecule has 70 valence electrons. The van der Waals surface area contributed by atoms with Gasteiger partial charge in [-0.15, -0.1) is 0 Å². The zero-order valence-electron chi connectivity index (χ0n) is 8.33. The minimum absolute atomic E-state index is 1.09. The Morgan fingerprint density at radius 1 is 0.933 bits per heavy atom. The summed E-state index contributed by atoms with van der Waals surface area (Å²) in [5.41, 5.74) is 8.66. The SMILES string of the molecule is C1=CC2=C3C=Cc4cccc(c43)CC2=C1. The maximum atomic E-state index is 2.26. The molecule has 3 aliphatic rings. The van der Waals surface area contributed by atoms with Gasteiger partial charge < -0.3 is 0 Å². The van der Waals surface area contributed by atoms with Crippen molar-refractivity contribution in [2.45, 2.75) is 6.42 Å². The topological polar surface area (TPSA) is 0 Å². The van der Waals surface area contributed by atoms with Gasteiger partial charge >= 0.3 is 0 Å². The molecule has 0 aliphatic heterocycles. The third-order valence-electron chi connectivity index (χ3n) is 3.46. The van der Waals surface area contributed by atoms with E-state index in [1.165, 1.54) is 33.4 Å². The molecule has 0 nitrogen and oxygen atoms in total. The van der Waals surface area contributed by atoms with Crippen LogP contribution in [0.25, 0.3) is 11.6 Å². The zero-order chi connectivity index (χ0) is 9.83. The van der Waals surface area contributed by atoms with Crippen molar-refractivity contribution in [2.75, 3.05) is 0 Å². The van der Waals surface area contributed by atoms with Crippen LogP contribution in [0.4, 0.5) is 0 Å². The molecule has 0 atom stereocenters. The Kier molecular flexibility index (Phi) is 1.20. The number of fused-ring (bicyclic) bond motifs is 1. The molecule has 0 bridgehead atoms. The molecule has 0 heterocycles. The molecular weight excluding hydrogens is 180 g/mol. The smallest absolute Gasteiger partial charge is 0.00132 e. The van der Waals surface area contributed by atoms with E-state index in [9.17, 15) is 0 Å². The van der Waals surface area contributed by atoms with Crippen LogP contribution in [0.5, 0.6) is 0 Å². The first-order chi connectivity index (χ1) is 7.43. The van der Waals surface area contributed by atoms with Gasteiger partial charge in [0.25, 0.3) is 0 Å². The maximum Gasteiger partial charge on any atom is -0.00132 e. The molecule has 0 aromatic heterocycles. The van der Waals surface area contributed by atoms with Gasteiger partial charge in [-0.3, -0.25) is 0 Å². The first-order valence-electron chi connectivity index (χ1n) is 5.36. The van der Waals surface area contributed by atoms with E-state index in [1.54, 1.807) is 0 Å². The highest BCUT2D eigenvalue weighted by Gasteiger charge is 2.25. The fourth-order valence-electron chi connectivity index (χ4n) is 2.79. The summed E-state index contributed by atoms with van der Waals surface area (Å²) in [7, 11) is 0. The van der Waals surface area contributed by atoms with Gasteiger partial charge in [0.1, 0.15) is 0 Å². The highest BCUT2D eigenvalue weighted by molar-refractivity contribution is 5.97. The van der Waals surface area contributed by atoms with Gasteiger partial charge in [-0.1, -0.05) is 48.6 Å². The average molecular weight is 190 g/mol. The average Bonchev–Trinajstić information content (AvgIpc) is 2.85. The van der Waals surface area contributed by atoms with Crippen LogP contribution in [-0.4, -0.2) is 0 Å². The lowest BCUT2D eigenvalue weighted by atomic mass is 9.84. The van der Waals surface area contributed by atoms with Gasteiger partial charge in [0.05, 0.1) is 0 Å². The summed E-state index contributed by atoms with van der Waals surface area (Å²) < 4.78 is 0. The number of hydrogen-bond donors (Lipinski definition) is 0. The van der Waals surface area contributed by atoms with Gasteiger partial charge in [-0.25, -0.2) is 0 Å². The summed E-state index contributed by atoms with van der Waals surface area (Å²) in [5, 5.41) is 0. The van der Waals surface area contributed by atoms with E-state index in [2.05, 4.69) is 48.6 Å². The first-order valence-corrected chi connectivity index (χ1v) is 5.36. The lowest BCUT2D eigenvalue weighted by Gasteiger charge is -2.19. The molecule has 1 aromatic rings. The normalized spacial score (nSPS) is 19.3. The number of benzene rings is 1. The Labute approximate surface area is 88.9 Å². The van der Waals surface area contributed by atoms with Gasteiger partial charge in [0.15, 0.2) is 0 Å². The van der Waals surface area contributed by atoms with E-state index in [0.717, 1.165) is 6.42 Å². The third kappa shape index (κ3) is 0.822. The summed E-state index contributed by atoms with van der Waals surface area (Å²) in [6, 6.07) is 6.62. The number of rotatable bonds is 0. The first kappa shape index (κ1) is 7.47. The molecule has 0 radical (unpaired) electrons. The second-order valence-electron chi connectivity index (χ2n) is 4.27. The van der Waals surface area contributed by atoms with Crippen molar-refractivity contribution < 1.29 is 0 Å². The Morgan fingerprint density at radius 2 is 1.93 bits per heavy atom. The van der Waals surface area contributed by atoms with Gasteiger partial charge in [0.2, 0.25) is 0 Å². The zero-order valence-corrected chi connectivity index (χ0v) is 8.33. The lowest BCUT2D eigenvalue weighted by Crippen LogP contribution is -2.04. The highest BCUT2D eigenvalue weighted by atomic mass is 14.3. The molecule has 0 spiro atoms. The molecule has 4 rings (SSSR count). The van der Waals surface area contributed by atoms with Crippen LogP contribution in [-0.2, 0) is 6.42 Å². The van der Waals surface area contributed by atoms with E-state index in [1.807, 2.05) is 0 Å². The Hall–Kier alpha value is -1.82. The fourth-order valence-corrected chi connectivity index (χ4v) is 2.79. The van der Waals surface area contributed by atoms with Gasteiger partial charge in [-0.2, -0.15) is 0 Å². The summed E-state index contributed by atoms with van der Waals surface area (Å²) in [6.45, 7) is 0. The largest absolute Gasteiger partial charge is 0.0613 e. The van der Waals surface area contributed by atoms with Crippen molar-refractivity contribution in [2.24, 2.45) is 0 Å². The van der Waals surface area contributed by atoms with Crippen LogP contribution in [0.15, 0.2) is 53.6 Å². The molecule has 3 aliphatic carbocycles. The van der Waals surface area contributed by atoms with Crippen LogP contribution in [0.2, 0.25) is 0 Å². The van der Waals surface area contributed by atoms with Crippen LogP contribution in [0.3, 0.4) is 0 Å². The molecule has 0 fully saturated rings. The third-order valence-corrected chi connectivity index (χ3v) is 3.46. The van der Waals surface area contributed by atoms with E-state index >= 15 is 0 Å².